The standard InChI is InChI=1S/C11H8O3S/c12-8-4-1-3-7(10(8)11(13)14)9-5-2-6-15-9/h1-6,12H,(H,13,14). The lowest BCUT2D eigenvalue weighted by Crippen LogP contribution is -1.99. The van der Waals surface area contributed by atoms with Gasteiger partial charge < -0.3 is 10.2 Å². The minimum Gasteiger partial charge on any atom is -0.507 e. The van der Waals surface area contributed by atoms with Gasteiger partial charge in [0.1, 0.15) is 11.3 Å². The molecule has 0 fully saturated rings. The molecular weight excluding hydrogens is 212 g/mol. The van der Waals surface area contributed by atoms with E-state index in [0.717, 1.165) is 4.88 Å². The minimum atomic E-state index is -1.11. The Morgan fingerprint density at radius 3 is 2.60 bits per heavy atom. The number of carboxylic acids is 1. The molecule has 0 bridgehead atoms. The molecule has 0 spiro atoms. The summed E-state index contributed by atoms with van der Waals surface area (Å²) in [5, 5.41) is 20.3. The lowest BCUT2D eigenvalue weighted by Gasteiger charge is -2.05. The van der Waals surface area contributed by atoms with E-state index < -0.39 is 5.97 Å². The number of phenols is 1. The van der Waals surface area contributed by atoms with Crippen LogP contribution >= 0.6 is 11.3 Å². The molecule has 15 heavy (non-hydrogen) atoms. The molecule has 0 aliphatic carbocycles. The third kappa shape index (κ3) is 1.71. The molecule has 0 aliphatic heterocycles. The maximum atomic E-state index is 11.0. The molecule has 1 heterocycles. The van der Waals surface area contributed by atoms with Gasteiger partial charge in [0.2, 0.25) is 0 Å². The molecule has 76 valence electrons. The molecule has 0 saturated heterocycles. The molecule has 0 amide bonds. The maximum Gasteiger partial charge on any atom is 0.340 e. The van der Waals surface area contributed by atoms with Crippen LogP contribution in [0.25, 0.3) is 10.4 Å². The van der Waals surface area contributed by atoms with E-state index in [1.807, 2.05) is 17.5 Å². The lowest BCUT2D eigenvalue weighted by molar-refractivity contribution is 0.0694. The average molecular weight is 220 g/mol. The Labute approximate surface area is 90.2 Å². The monoisotopic (exact) mass is 220 g/mol. The van der Waals surface area contributed by atoms with Gasteiger partial charge in [0.05, 0.1) is 0 Å². The molecule has 3 nitrogen and oxygen atoms in total. The Bertz CT molecular complexity index is 489. The van der Waals surface area contributed by atoms with Gasteiger partial charge in [-0.1, -0.05) is 18.2 Å². The number of benzene rings is 1. The first-order valence-corrected chi connectivity index (χ1v) is 5.17. The number of hydrogen-bond donors (Lipinski definition) is 2. The zero-order valence-corrected chi connectivity index (χ0v) is 8.49. The van der Waals surface area contributed by atoms with Crippen LogP contribution in [0, 0.1) is 0 Å². The smallest absolute Gasteiger partial charge is 0.340 e. The van der Waals surface area contributed by atoms with Gasteiger partial charge in [0.25, 0.3) is 0 Å². The summed E-state index contributed by atoms with van der Waals surface area (Å²) >= 11 is 1.44. The first-order chi connectivity index (χ1) is 7.20. The number of hydrogen-bond acceptors (Lipinski definition) is 3. The molecule has 0 aliphatic rings. The van der Waals surface area contributed by atoms with E-state index in [-0.39, 0.29) is 11.3 Å². The second kappa shape index (κ2) is 3.74. The van der Waals surface area contributed by atoms with E-state index in [4.69, 9.17) is 5.11 Å². The molecule has 2 N–H and O–H groups in total. The van der Waals surface area contributed by atoms with Crippen molar-refractivity contribution in [1.82, 2.24) is 0 Å². The third-order valence-electron chi connectivity index (χ3n) is 2.04. The SMILES string of the molecule is O=C(O)c1c(O)cccc1-c1cccs1. The van der Waals surface area contributed by atoms with Crippen LogP contribution in [0.15, 0.2) is 35.7 Å². The van der Waals surface area contributed by atoms with Crippen LogP contribution in [-0.4, -0.2) is 16.2 Å². The maximum absolute atomic E-state index is 11.0. The molecule has 0 atom stereocenters. The molecule has 2 aromatic rings. The van der Waals surface area contributed by atoms with Crippen molar-refractivity contribution < 1.29 is 15.0 Å². The zero-order valence-electron chi connectivity index (χ0n) is 7.68. The van der Waals surface area contributed by atoms with Crippen molar-refractivity contribution in [1.29, 1.82) is 0 Å². The number of aromatic hydroxyl groups is 1. The van der Waals surface area contributed by atoms with Gasteiger partial charge in [0, 0.05) is 10.4 Å². The van der Waals surface area contributed by atoms with Crippen LogP contribution in [0.4, 0.5) is 0 Å². The molecule has 0 saturated carbocycles. The van der Waals surface area contributed by atoms with Crippen molar-refractivity contribution in [3.05, 3.63) is 41.3 Å². The van der Waals surface area contributed by atoms with Gasteiger partial charge in [0.15, 0.2) is 0 Å². The molecule has 1 aromatic carbocycles. The summed E-state index contributed by atoms with van der Waals surface area (Å²) < 4.78 is 0. The third-order valence-corrected chi connectivity index (χ3v) is 2.95. The van der Waals surface area contributed by atoms with E-state index in [0.29, 0.717) is 5.56 Å². The highest BCUT2D eigenvalue weighted by Crippen LogP contribution is 2.32. The summed E-state index contributed by atoms with van der Waals surface area (Å²) in [6.07, 6.45) is 0. The number of carboxylic acid groups (broad SMARTS) is 1. The van der Waals surface area contributed by atoms with Crippen molar-refractivity contribution in [3.8, 4) is 16.2 Å². The van der Waals surface area contributed by atoms with E-state index >= 15 is 0 Å². The summed E-state index contributed by atoms with van der Waals surface area (Å²) in [5.74, 6) is -1.31. The summed E-state index contributed by atoms with van der Waals surface area (Å²) in [4.78, 5) is 11.8. The van der Waals surface area contributed by atoms with Crippen LogP contribution in [0.2, 0.25) is 0 Å². The highest BCUT2D eigenvalue weighted by molar-refractivity contribution is 7.13. The number of carbonyl (C=O) groups is 1. The van der Waals surface area contributed by atoms with Gasteiger partial charge in [-0.15, -0.1) is 11.3 Å². The second-order valence-electron chi connectivity index (χ2n) is 2.98. The first-order valence-electron chi connectivity index (χ1n) is 4.29. The molecule has 2 rings (SSSR count). The Morgan fingerprint density at radius 1 is 1.20 bits per heavy atom. The summed E-state index contributed by atoms with van der Waals surface area (Å²) in [5.41, 5.74) is 0.512. The van der Waals surface area contributed by atoms with Crippen LogP contribution in [0.5, 0.6) is 5.75 Å². The van der Waals surface area contributed by atoms with Crippen molar-refractivity contribution in [2.45, 2.75) is 0 Å². The fourth-order valence-corrected chi connectivity index (χ4v) is 2.16. The van der Waals surface area contributed by atoms with Crippen molar-refractivity contribution in [3.63, 3.8) is 0 Å². The van der Waals surface area contributed by atoms with Gasteiger partial charge in [-0.3, -0.25) is 0 Å². The average Bonchev–Trinajstić information content (AvgIpc) is 2.69. The summed E-state index contributed by atoms with van der Waals surface area (Å²) in [6.45, 7) is 0. The van der Waals surface area contributed by atoms with Crippen LogP contribution < -0.4 is 0 Å². The minimum absolute atomic E-state index is 0.0417. The van der Waals surface area contributed by atoms with Crippen LogP contribution in [-0.2, 0) is 0 Å². The summed E-state index contributed by atoms with van der Waals surface area (Å²) in [6, 6.07) is 8.37. The quantitative estimate of drug-likeness (QED) is 0.818. The topological polar surface area (TPSA) is 57.5 Å². The first kappa shape index (κ1) is 9.73. The van der Waals surface area contributed by atoms with Crippen LogP contribution in [0.1, 0.15) is 10.4 Å². The molecular formula is C11H8O3S. The second-order valence-corrected chi connectivity index (χ2v) is 3.93. The molecule has 0 unspecified atom stereocenters. The predicted molar refractivity (Wildman–Crippen MR) is 58.4 cm³/mol. The van der Waals surface area contributed by atoms with Gasteiger partial charge in [-0.2, -0.15) is 0 Å². The van der Waals surface area contributed by atoms with Gasteiger partial charge in [-0.25, -0.2) is 4.79 Å². The molecule has 1 aromatic heterocycles. The predicted octanol–water partition coefficient (Wildman–Crippen LogP) is 2.82. The van der Waals surface area contributed by atoms with E-state index in [9.17, 15) is 9.90 Å². The number of aromatic carboxylic acids is 1. The van der Waals surface area contributed by atoms with E-state index in [2.05, 4.69) is 0 Å². The zero-order chi connectivity index (χ0) is 10.8. The number of thiophene rings is 1. The molecule has 0 radical (unpaired) electrons. The Balaban J connectivity index is 2.66. The Kier molecular flexibility index (Phi) is 2.43. The van der Waals surface area contributed by atoms with E-state index in [1.54, 1.807) is 12.1 Å². The highest BCUT2D eigenvalue weighted by atomic mass is 32.1. The van der Waals surface area contributed by atoms with Crippen molar-refractivity contribution in [2.75, 3.05) is 0 Å². The summed E-state index contributed by atoms with van der Waals surface area (Å²) in [7, 11) is 0. The van der Waals surface area contributed by atoms with Crippen molar-refractivity contribution >= 4 is 17.3 Å². The van der Waals surface area contributed by atoms with Gasteiger partial charge in [-0.05, 0) is 17.5 Å². The largest absolute Gasteiger partial charge is 0.507 e. The van der Waals surface area contributed by atoms with Gasteiger partial charge >= 0.3 is 5.97 Å². The number of rotatable bonds is 2. The lowest BCUT2D eigenvalue weighted by atomic mass is 10.1. The van der Waals surface area contributed by atoms with E-state index in [1.165, 1.54) is 17.4 Å². The fraction of sp³-hybridized carbons (Fsp3) is 0. The van der Waals surface area contributed by atoms with Crippen molar-refractivity contribution in [2.24, 2.45) is 0 Å². The fourth-order valence-electron chi connectivity index (χ4n) is 1.40. The van der Waals surface area contributed by atoms with Crippen LogP contribution in [0.3, 0.4) is 0 Å². The Morgan fingerprint density at radius 2 is 2.00 bits per heavy atom. The highest BCUT2D eigenvalue weighted by Gasteiger charge is 2.16. The normalized spacial score (nSPS) is 10.1. The molecule has 4 heteroatoms. The Hall–Kier alpha value is -1.81.